The second kappa shape index (κ2) is 8.14. The van der Waals surface area contributed by atoms with Crippen molar-refractivity contribution in [2.45, 2.75) is 25.6 Å². The van der Waals surface area contributed by atoms with Crippen molar-refractivity contribution < 1.29 is 4.74 Å². The quantitative estimate of drug-likeness (QED) is 0.645. The molecule has 2 aliphatic heterocycles. The van der Waals surface area contributed by atoms with Gasteiger partial charge in [-0.15, -0.1) is 11.3 Å². The summed E-state index contributed by atoms with van der Waals surface area (Å²) in [5.74, 6) is 0.882. The van der Waals surface area contributed by atoms with Crippen LogP contribution in [-0.4, -0.2) is 53.9 Å². The molecule has 164 valence electrons. The number of piperazine rings is 1. The monoisotopic (exact) mass is 441 g/mol. The molecule has 0 radical (unpaired) electrons. The number of rotatable bonds is 5. The van der Waals surface area contributed by atoms with Crippen molar-refractivity contribution in [3.8, 4) is 5.75 Å². The molecule has 1 saturated heterocycles. The number of nitrogens with two attached hydrogens (primary N) is 1. The minimum Gasteiger partial charge on any atom is -0.495 e. The molecule has 0 saturated carbocycles. The molecule has 8 nitrogen and oxygen atoms in total. The second-order valence-corrected chi connectivity index (χ2v) is 9.06. The first kappa shape index (κ1) is 20.3. The van der Waals surface area contributed by atoms with Crippen LogP contribution in [-0.2, 0) is 13.1 Å². The molecule has 0 amide bonds. The van der Waals surface area contributed by atoms with E-state index in [4.69, 9.17) is 10.5 Å². The molecule has 9 heteroatoms. The highest BCUT2D eigenvalue weighted by Gasteiger charge is 2.26. The molecule has 2 aliphatic rings. The molecule has 1 fully saturated rings. The Balaban J connectivity index is 1.31. The van der Waals surface area contributed by atoms with Crippen LogP contribution in [0.15, 0.2) is 39.2 Å². The Morgan fingerprint density at radius 1 is 1.10 bits per heavy atom. The zero-order valence-electron chi connectivity index (χ0n) is 17.6. The average Bonchev–Trinajstić information content (AvgIpc) is 3.25. The minimum atomic E-state index is -0.211. The standard InChI is InChI=1S/C22H27N5O3S/c1-30-18-5-3-2-4-17(18)25-11-8-24(9-12-25)10-13-27-21(28)15-14-31-20-16(23)6-7-26(19(15)20)22(27)29/h2-5,14,16H,6-13,23H2,1H3. The second-order valence-electron chi connectivity index (χ2n) is 8.15. The Kier molecular flexibility index (Phi) is 5.33. The molecule has 31 heavy (non-hydrogen) atoms. The third-order valence-electron chi connectivity index (χ3n) is 6.44. The molecule has 1 unspecified atom stereocenters. The lowest BCUT2D eigenvalue weighted by molar-refractivity contribution is 0.244. The summed E-state index contributed by atoms with van der Waals surface area (Å²) in [5, 5.41) is 2.48. The van der Waals surface area contributed by atoms with Gasteiger partial charge < -0.3 is 15.4 Å². The predicted molar refractivity (Wildman–Crippen MR) is 124 cm³/mol. The maximum Gasteiger partial charge on any atom is 0.331 e. The molecule has 3 aromatic rings. The normalized spacial score (nSPS) is 19.2. The molecular formula is C22H27N5O3S. The van der Waals surface area contributed by atoms with Crippen LogP contribution in [0.1, 0.15) is 17.3 Å². The van der Waals surface area contributed by atoms with E-state index in [9.17, 15) is 9.59 Å². The predicted octanol–water partition coefficient (Wildman–Crippen LogP) is 1.46. The summed E-state index contributed by atoms with van der Waals surface area (Å²) in [6.45, 7) is 5.16. The SMILES string of the molecule is COc1ccccc1N1CCN(CCn2c(=O)c3csc4c3n(c2=O)CCC4N)CC1. The van der Waals surface area contributed by atoms with Gasteiger partial charge in [-0.1, -0.05) is 12.1 Å². The van der Waals surface area contributed by atoms with Gasteiger partial charge in [-0.2, -0.15) is 0 Å². The molecule has 5 rings (SSSR count). The number of para-hydroxylation sites is 2. The number of hydrogen-bond donors (Lipinski definition) is 1. The lowest BCUT2D eigenvalue weighted by Crippen LogP contribution is -2.49. The van der Waals surface area contributed by atoms with Gasteiger partial charge in [0, 0.05) is 62.1 Å². The van der Waals surface area contributed by atoms with E-state index in [0.29, 0.717) is 25.0 Å². The highest BCUT2D eigenvalue weighted by molar-refractivity contribution is 7.11. The number of ether oxygens (including phenoxy) is 1. The summed E-state index contributed by atoms with van der Waals surface area (Å²) in [6, 6.07) is 7.97. The van der Waals surface area contributed by atoms with Crippen molar-refractivity contribution in [1.29, 1.82) is 0 Å². The summed E-state index contributed by atoms with van der Waals surface area (Å²) in [4.78, 5) is 31.7. The number of nitrogens with zero attached hydrogens (tertiary/aromatic N) is 4. The fourth-order valence-electron chi connectivity index (χ4n) is 4.68. The summed E-state index contributed by atoms with van der Waals surface area (Å²) in [7, 11) is 1.69. The van der Waals surface area contributed by atoms with E-state index < -0.39 is 0 Å². The van der Waals surface area contributed by atoms with Gasteiger partial charge in [-0.3, -0.25) is 18.8 Å². The lowest BCUT2D eigenvalue weighted by atomic mass is 10.1. The van der Waals surface area contributed by atoms with E-state index in [0.717, 1.165) is 54.4 Å². The number of hydrogen-bond acceptors (Lipinski definition) is 7. The molecule has 0 bridgehead atoms. The first-order valence-electron chi connectivity index (χ1n) is 10.7. The molecule has 0 spiro atoms. The number of methoxy groups -OCH3 is 1. The van der Waals surface area contributed by atoms with Gasteiger partial charge >= 0.3 is 5.69 Å². The van der Waals surface area contributed by atoms with Gasteiger partial charge in [0.2, 0.25) is 0 Å². The van der Waals surface area contributed by atoms with Gasteiger partial charge in [0.15, 0.2) is 0 Å². The number of benzene rings is 1. The van der Waals surface area contributed by atoms with Gasteiger partial charge in [0.1, 0.15) is 5.75 Å². The van der Waals surface area contributed by atoms with E-state index >= 15 is 0 Å². The highest BCUT2D eigenvalue weighted by Crippen LogP contribution is 2.32. The third kappa shape index (κ3) is 3.46. The van der Waals surface area contributed by atoms with Gasteiger partial charge in [-0.25, -0.2) is 4.79 Å². The first-order valence-corrected chi connectivity index (χ1v) is 11.6. The lowest BCUT2D eigenvalue weighted by Gasteiger charge is -2.36. The van der Waals surface area contributed by atoms with E-state index in [2.05, 4.69) is 15.9 Å². The zero-order valence-corrected chi connectivity index (χ0v) is 18.4. The molecule has 2 aromatic heterocycles. The largest absolute Gasteiger partial charge is 0.495 e. The molecule has 0 aliphatic carbocycles. The van der Waals surface area contributed by atoms with Crippen LogP contribution in [0.5, 0.6) is 5.75 Å². The van der Waals surface area contributed by atoms with Crippen molar-refractivity contribution in [2.75, 3.05) is 44.7 Å². The van der Waals surface area contributed by atoms with Gasteiger partial charge in [0.05, 0.1) is 23.7 Å². The van der Waals surface area contributed by atoms with E-state index in [1.807, 2.05) is 23.6 Å². The molecule has 1 aromatic carbocycles. The number of aryl methyl sites for hydroxylation is 1. The molecule has 2 N–H and O–H groups in total. The number of aromatic nitrogens is 2. The van der Waals surface area contributed by atoms with E-state index in [1.54, 1.807) is 11.7 Å². The van der Waals surface area contributed by atoms with Crippen molar-refractivity contribution in [1.82, 2.24) is 14.0 Å². The van der Waals surface area contributed by atoms with E-state index in [-0.39, 0.29) is 17.3 Å². The highest BCUT2D eigenvalue weighted by atomic mass is 32.1. The fraction of sp³-hybridized carbons (Fsp3) is 0.455. The van der Waals surface area contributed by atoms with Crippen molar-refractivity contribution in [2.24, 2.45) is 5.73 Å². The summed E-state index contributed by atoms with van der Waals surface area (Å²) in [5.41, 5.74) is 7.63. The summed E-state index contributed by atoms with van der Waals surface area (Å²) >= 11 is 1.49. The Hall–Kier alpha value is -2.62. The Morgan fingerprint density at radius 3 is 2.65 bits per heavy atom. The van der Waals surface area contributed by atoms with Crippen LogP contribution < -0.4 is 26.6 Å². The van der Waals surface area contributed by atoms with Crippen LogP contribution in [0.4, 0.5) is 5.69 Å². The maximum absolute atomic E-state index is 13.1. The fourth-order valence-corrected chi connectivity index (χ4v) is 5.76. The van der Waals surface area contributed by atoms with Crippen LogP contribution >= 0.6 is 11.3 Å². The van der Waals surface area contributed by atoms with Crippen molar-refractivity contribution >= 4 is 27.9 Å². The first-order chi connectivity index (χ1) is 15.1. The third-order valence-corrected chi connectivity index (χ3v) is 7.54. The topological polar surface area (TPSA) is 85.7 Å². The Bertz CT molecular complexity index is 1220. The summed E-state index contributed by atoms with van der Waals surface area (Å²) in [6.07, 6.45) is 0.728. The minimum absolute atomic E-state index is 0.0864. The van der Waals surface area contributed by atoms with Crippen LogP contribution in [0.3, 0.4) is 0 Å². The molecule has 4 heterocycles. The van der Waals surface area contributed by atoms with E-state index in [1.165, 1.54) is 15.9 Å². The number of anilines is 1. The smallest absolute Gasteiger partial charge is 0.331 e. The number of thiophene rings is 1. The Morgan fingerprint density at radius 2 is 1.87 bits per heavy atom. The molecule has 1 atom stereocenters. The average molecular weight is 442 g/mol. The molecular weight excluding hydrogens is 414 g/mol. The van der Waals surface area contributed by atoms with Crippen molar-refractivity contribution in [3.05, 3.63) is 55.4 Å². The summed E-state index contributed by atoms with van der Waals surface area (Å²) < 4.78 is 8.64. The maximum atomic E-state index is 13.1. The Labute approximate surface area is 184 Å². The van der Waals surface area contributed by atoms with Crippen LogP contribution in [0.2, 0.25) is 0 Å². The van der Waals surface area contributed by atoms with Gasteiger partial charge in [0.25, 0.3) is 5.56 Å². The van der Waals surface area contributed by atoms with Crippen LogP contribution in [0.25, 0.3) is 10.9 Å². The van der Waals surface area contributed by atoms with Crippen molar-refractivity contribution in [3.63, 3.8) is 0 Å². The van der Waals surface area contributed by atoms with Gasteiger partial charge in [-0.05, 0) is 18.6 Å². The van der Waals surface area contributed by atoms with Crippen LogP contribution in [0, 0.1) is 0 Å². The zero-order chi connectivity index (χ0) is 21.5.